The predicted octanol–water partition coefficient (Wildman–Crippen LogP) is 2.36. The number of pyridine rings is 1. The molecule has 1 aromatic heterocycles. The normalized spacial score (nSPS) is 10.7. The number of nitrogens with zero attached hydrogens (tertiary/aromatic N) is 1. The Kier molecular flexibility index (Phi) is 3.44. The lowest BCUT2D eigenvalue weighted by molar-refractivity contribution is 0.182. The summed E-state index contributed by atoms with van der Waals surface area (Å²) in [6.07, 6.45) is 0. The highest BCUT2D eigenvalue weighted by atomic mass is 16.5. The Hall–Kier alpha value is -1.81. The zero-order valence-electron chi connectivity index (χ0n) is 10.1. The number of rotatable bonds is 4. The van der Waals surface area contributed by atoms with Crippen LogP contribution in [0, 0.1) is 0 Å². The van der Waals surface area contributed by atoms with Crippen molar-refractivity contribution in [3.8, 4) is 5.75 Å². The second-order valence-corrected chi connectivity index (χ2v) is 3.72. The Morgan fingerprint density at radius 2 is 2.18 bits per heavy atom. The minimum atomic E-state index is 0.445. The molecule has 0 aliphatic heterocycles. The number of nitrogens with two attached hydrogens (primary N) is 1. The lowest BCUT2D eigenvalue weighted by atomic mass is 10.1. The van der Waals surface area contributed by atoms with Crippen LogP contribution in [-0.4, -0.2) is 18.7 Å². The maximum Gasteiger partial charge on any atom is 0.145 e. The largest absolute Gasteiger partial charge is 0.492 e. The molecule has 0 bridgehead atoms. The molecule has 0 atom stereocenters. The quantitative estimate of drug-likeness (QED) is 0.879. The van der Waals surface area contributed by atoms with Crippen molar-refractivity contribution in [3.05, 3.63) is 30.0 Å². The van der Waals surface area contributed by atoms with Crippen molar-refractivity contribution in [2.75, 3.05) is 19.5 Å². The summed E-state index contributed by atoms with van der Waals surface area (Å²) in [5, 5.41) is 0.913. The van der Waals surface area contributed by atoms with Gasteiger partial charge in [0, 0.05) is 18.2 Å². The third kappa shape index (κ3) is 2.31. The van der Waals surface area contributed by atoms with Crippen molar-refractivity contribution in [2.24, 2.45) is 0 Å². The molecule has 0 unspecified atom stereocenters. The van der Waals surface area contributed by atoms with E-state index >= 15 is 0 Å². The zero-order chi connectivity index (χ0) is 12.3. The first kappa shape index (κ1) is 11.7. The van der Waals surface area contributed by atoms with Gasteiger partial charge in [-0.1, -0.05) is 12.1 Å². The van der Waals surface area contributed by atoms with Crippen LogP contribution >= 0.6 is 0 Å². The number of ether oxygens (including phenoxy) is 2. The molecule has 4 heteroatoms. The average molecular weight is 232 g/mol. The fraction of sp³-hybridized carbons (Fsp3) is 0.308. The molecule has 17 heavy (non-hydrogen) atoms. The number of nitrogen functional groups attached to an aromatic ring is 1. The lowest BCUT2D eigenvalue weighted by Crippen LogP contribution is -2.00. The van der Waals surface area contributed by atoms with Crippen LogP contribution in [0.15, 0.2) is 24.3 Å². The molecule has 0 radical (unpaired) electrons. The van der Waals surface area contributed by atoms with Crippen LogP contribution in [0.1, 0.15) is 12.6 Å². The van der Waals surface area contributed by atoms with Gasteiger partial charge in [0.05, 0.1) is 18.9 Å². The molecule has 0 spiro atoms. The van der Waals surface area contributed by atoms with E-state index in [4.69, 9.17) is 15.2 Å². The van der Waals surface area contributed by atoms with Crippen LogP contribution in [0.25, 0.3) is 10.9 Å². The van der Waals surface area contributed by atoms with E-state index in [0.717, 1.165) is 22.3 Å². The Morgan fingerprint density at radius 3 is 2.88 bits per heavy atom. The number of fused-ring (bicyclic) bond motifs is 1. The number of hydrogen-bond donors (Lipinski definition) is 1. The molecule has 0 aliphatic rings. The number of para-hydroxylation sites is 1. The smallest absolute Gasteiger partial charge is 0.145 e. The second kappa shape index (κ2) is 5.01. The monoisotopic (exact) mass is 232 g/mol. The molecule has 0 saturated carbocycles. The summed E-state index contributed by atoms with van der Waals surface area (Å²) in [7, 11) is 1.64. The van der Waals surface area contributed by atoms with E-state index in [1.165, 1.54) is 0 Å². The van der Waals surface area contributed by atoms with Gasteiger partial charge in [-0.2, -0.15) is 0 Å². The predicted molar refractivity (Wildman–Crippen MR) is 68.0 cm³/mol. The van der Waals surface area contributed by atoms with Crippen LogP contribution in [0.2, 0.25) is 0 Å². The number of anilines is 1. The van der Waals surface area contributed by atoms with E-state index in [1.807, 2.05) is 31.2 Å². The molecular formula is C13H16N2O2. The van der Waals surface area contributed by atoms with Gasteiger partial charge in [-0.3, -0.25) is 0 Å². The first-order valence-corrected chi connectivity index (χ1v) is 5.56. The number of benzene rings is 1. The fourth-order valence-corrected chi connectivity index (χ4v) is 1.80. The SMILES string of the molecule is CCOc1cccc2c(N)cc(COC)nc12. The molecule has 0 saturated heterocycles. The Labute approximate surface area is 100 Å². The van der Waals surface area contributed by atoms with E-state index in [1.54, 1.807) is 7.11 Å². The summed E-state index contributed by atoms with van der Waals surface area (Å²) in [5.41, 5.74) is 8.30. The second-order valence-electron chi connectivity index (χ2n) is 3.72. The van der Waals surface area contributed by atoms with Crippen molar-refractivity contribution >= 4 is 16.6 Å². The number of hydrogen-bond acceptors (Lipinski definition) is 4. The molecule has 1 aromatic carbocycles. The van der Waals surface area contributed by atoms with Gasteiger partial charge >= 0.3 is 0 Å². The van der Waals surface area contributed by atoms with Crippen LogP contribution < -0.4 is 10.5 Å². The Bertz CT molecular complexity index is 526. The summed E-state index contributed by atoms with van der Waals surface area (Å²) in [4.78, 5) is 4.51. The highest BCUT2D eigenvalue weighted by Gasteiger charge is 2.08. The highest BCUT2D eigenvalue weighted by molar-refractivity contribution is 5.94. The van der Waals surface area contributed by atoms with Gasteiger partial charge in [-0.15, -0.1) is 0 Å². The maximum atomic E-state index is 6.00. The molecule has 0 aliphatic carbocycles. The molecular weight excluding hydrogens is 216 g/mol. The van der Waals surface area contributed by atoms with Crippen molar-refractivity contribution in [3.63, 3.8) is 0 Å². The van der Waals surface area contributed by atoms with E-state index in [-0.39, 0.29) is 0 Å². The molecule has 90 valence electrons. The summed E-state index contributed by atoms with van der Waals surface area (Å²) in [6.45, 7) is 3.00. The summed E-state index contributed by atoms with van der Waals surface area (Å²) in [6, 6.07) is 7.59. The topological polar surface area (TPSA) is 57.4 Å². The molecule has 2 rings (SSSR count). The zero-order valence-corrected chi connectivity index (χ0v) is 10.1. The lowest BCUT2D eigenvalue weighted by Gasteiger charge is -2.10. The van der Waals surface area contributed by atoms with Crippen molar-refractivity contribution in [1.29, 1.82) is 0 Å². The average Bonchev–Trinajstić information content (AvgIpc) is 2.31. The molecule has 0 fully saturated rings. The summed E-state index contributed by atoms with van der Waals surface area (Å²) in [5.74, 6) is 0.759. The van der Waals surface area contributed by atoms with Crippen LogP contribution in [0.5, 0.6) is 5.75 Å². The van der Waals surface area contributed by atoms with E-state index in [0.29, 0.717) is 18.9 Å². The van der Waals surface area contributed by atoms with Gasteiger partial charge < -0.3 is 15.2 Å². The van der Waals surface area contributed by atoms with Crippen LogP contribution in [0.4, 0.5) is 5.69 Å². The standard InChI is InChI=1S/C13H16N2O2/c1-3-17-12-6-4-5-10-11(14)7-9(8-16-2)15-13(10)12/h4-7H,3,8H2,1-2H3,(H2,14,15). The fourth-order valence-electron chi connectivity index (χ4n) is 1.80. The van der Waals surface area contributed by atoms with E-state index in [9.17, 15) is 0 Å². The molecule has 0 amide bonds. The minimum absolute atomic E-state index is 0.445. The van der Waals surface area contributed by atoms with Crippen molar-refractivity contribution < 1.29 is 9.47 Å². The van der Waals surface area contributed by atoms with Crippen LogP contribution in [0.3, 0.4) is 0 Å². The van der Waals surface area contributed by atoms with Crippen molar-refractivity contribution in [2.45, 2.75) is 13.5 Å². The highest BCUT2D eigenvalue weighted by Crippen LogP contribution is 2.28. The minimum Gasteiger partial charge on any atom is -0.492 e. The van der Waals surface area contributed by atoms with Crippen LogP contribution in [-0.2, 0) is 11.3 Å². The first-order chi connectivity index (χ1) is 8.26. The number of aromatic nitrogens is 1. The van der Waals surface area contributed by atoms with E-state index < -0.39 is 0 Å². The van der Waals surface area contributed by atoms with Gasteiger partial charge in [-0.05, 0) is 19.1 Å². The molecule has 2 N–H and O–H groups in total. The molecule has 1 heterocycles. The Balaban J connectivity index is 2.60. The van der Waals surface area contributed by atoms with Crippen molar-refractivity contribution in [1.82, 2.24) is 4.98 Å². The van der Waals surface area contributed by atoms with Gasteiger partial charge in [-0.25, -0.2) is 4.98 Å². The summed E-state index contributed by atoms with van der Waals surface area (Å²) >= 11 is 0. The third-order valence-corrected chi connectivity index (χ3v) is 2.48. The Morgan fingerprint density at radius 1 is 1.35 bits per heavy atom. The van der Waals surface area contributed by atoms with Gasteiger partial charge in [0.15, 0.2) is 0 Å². The molecule has 2 aromatic rings. The summed E-state index contributed by atoms with van der Waals surface area (Å²) < 4.78 is 10.6. The molecule has 4 nitrogen and oxygen atoms in total. The van der Waals surface area contributed by atoms with E-state index in [2.05, 4.69) is 4.98 Å². The third-order valence-electron chi connectivity index (χ3n) is 2.48. The van der Waals surface area contributed by atoms with Gasteiger partial charge in [0.1, 0.15) is 11.3 Å². The first-order valence-electron chi connectivity index (χ1n) is 5.56. The van der Waals surface area contributed by atoms with Gasteiger partial charge in [0.2, 0.25) is 0 Å². The maximum absolute atomic E-state index is 6.00. The van der Waals surface area contributed by atoms with Gasteiger partial charge in [0.25, 0.3) is 0 Å². The number of methoxy groups -OCH3 is 1.